The fourth-order valence-corrected chi connectivity index (χ4v) is 2.54. The van der Waals surface area contributed by atoms with Gasteiger partial charge in [0.25, 0.3) is 5.91 Å². The summed E-state index contributed by atoms with van der Waals surface area (Å²) < 4.78 is 13.7. The number of amides is 1. The third kappa shape index (κ3) is 2.67. The zero-order valence-corrected chi connectivity index (χ0v) is 11.8. The summed E-state index contributed by atoms with van der Waals surface area (Å²) in [5.41, 5.74) is 2.86. The maximum Gasteiger partial charge on any atom is 0.274 e. The van der Waals surface area contributed by atoms with Crippen LogP contribution in [0, 0.1) is 5.82 Å². The first-order chi connectivity index (χ1) is 10.2. The highest BCUT2D eigenvalue weighted by Gasteiger charge is 2.24. The number of aromatic nitrogens is 2. The van der Waals surface area contributed by atoms with Crippen LogP contribution in [0.5, 0.6) is 0 Å². The minimum atomic E-state index is -0.303. The first-order valence-electron chi connectivity index (χ1n) is 6.92. The van der Waals surface area contributed by atoms with Crippen molar-refractivity contribution in [3.05, 3.63) is 52.6 Å². The third-order valence-electron chi connectivity index (χ3n) is 3.72. The van der Waals surface area contributed by atoms with E-state index in [1.807, 2.05) is 0 Å². The Morgan fingerprint density at radius 1 is 1.43 bits per heavy atom. The summed E-state index contributed by atoms with van der Waals surface area (Å²) in [5, 5.41) is 10.3. The third-order valence-corrected chi connectivity index (χ3v) is 3.72. The summed E-state index contributed by atoms with van der Waals surface area (Å²) in [6.07, 6.45) is 0.840. The molecule has 2 N–H and O–H groups in total. The number of rotatable bonds is 3. The average Bonchev–Trinajstić information content (AvgIpc) is 2.92. The van der Waals surface area contributed by atoms with Gasteiger partial charge in [-0.1, -0.05) is 18.2 Å². The van der Waals surface area contributed by atoms with Gasteiger partial charge in [0.15, 0.2) is 5.69 Å². The number of nitrogens with zero attached hydrogens (tertiary/aromatic N) is 2. The first kappa shape index (κ1) is 13.8. The van der Waals surface area contributed by atoms with Gasteiger partial charge in [-0.05, 0) is 6.07 Å². The van der Waals surface area contributed by atoms with E-state index in [2.05, 4.69) is 15.5 Å². The van der Waals surface area contributed by atoms with Crippen LogP contribution in [-0.2, 0) is 19.5 Å². The molecule has 0 saturated carbocycles. The molecule has 1 aliphatic rings. The van der Waals surface area contributed by atoms with E-state index >= 15 is 0 Å². The van der Waals surface area contributed by atoms with Gasteiger partial charge in [-0.15, -0.1) is 0 Å². The fourth-order valence-electron chi connectivity index (χ4n) is 2.54. The summed E-state index contributed by atoms with van der Waals surface area (Å²) in [5.74, 6) is -0.498. The van der Waals surface area contributed by atoms with Gasteiger partial charge in [0.2, 0.25) is 0 Å². The summed E-state index contributed by atoms with van der Waals surface area (Å²) in [7, 11) is 1.66. The molecule has 0 aliphatic carbocycles. The number of carbonyl (C=O) groups excluding carboxylic acids is 1. The molecule has 2 heterocycles. The van der Waals surface area contributed by atoms with E-state index in [9.17, 15) is 9.18 Å². The van der Waals surface area contributed by atoms with Gasteiger partial charge in [0.1, 0.15) is 5.82 Å². The molecule has 0 unspecified atom stereocenters. The van der Waals surface area contributed by atoms with Crippen LogP contribution in [0.1, 0.15) is 27.3 Å². The molecule has 0 bridgehead atoms. The highest BCUT2D eigenvalue weighted by Crippen LogP contribution is 2.18. The molecule has 2 aromatic rings. The zero-order chi connectivity index (χ0) is 14.8. The summed E-state index contributed by atoms with van der Waals surface area (Å²) in [4.78, 5) is 14.0. The Labute approximate surface area is 122 Å². The van der Waals surface area contributed by atoms with E-state index in [1.54, 1.807) is 25.2 Å². The molecule has 0 radical (unpaired) electrons. The van der Waals surface area contributed by atoms with E-state index in [0.29, 0.717) is 17.8 Å². The van der Waals surface area contributed by atoms with Gasteiger partial charge in [-0.3, -0.25) is 9.89 Å². The van der Waals surface area contributed by atoms with Crippen LogP contribution in [0.4, 0.5) is 4.39 Å². The lowest BCUT2D eigenvalue weighted by molar-refractivity contribution is 0.0776. The van der Waals surface area contributed by atoms with Gasteiger partial charge in [0.05, 0.1) is 0 Å². The van der Waals surface area contributed by atoms with Crippen LogP contribution in [0.3, 0.4) is 0 Å². The second kappa shape index (κ2) is 5.65. The molecule has 0 atom stereocenters. The molecule has 0 saturated heterocycles. The number of hydrogen-bond donors (Lipinski definition) is 2. The van der Waals surface area contributed by atoms with Gasteiger partial charge in [-0.25, -0.2) is 4.39 Å². The van der Waals surface area contributed by atoms with Crippen molar-refractivity contribution >= 4 is 5.91 Å². The van der Waals surface area contributed by atoms with E-state index in [4.69, 9.17) is 0 Å². The van der Waals surface area contributed by atoms with Crippen LogP contribution in [0.15, 0.2) is 24.3 Å². The summed E-state index contributed by atoms with van der Waals surface area (Å²) in [6, 6.07) is 6.47. The van der Waals surface area contributed by atoms with Gasteiger partial charge < -0.3 is 10.2 Å². The number of H-pyrrole nitrogens is 1. The van der Waals surface area contributed by atoms with Crippen LogP contribution < -0.4 is 5.32 Å². The molecular formula is C15H17FN4O. The Balaban J connectivity index is 1.79. The number of fused-ring (bicyclic) bond motifs is 1. The highest BCUT2D eigenvalue weighted by molar-refractivity contribution is 5.93. The van der Waals surface area contributed by atoms with Crippen LogP contribution >= 0.6 is 0 Å². The predicted molar refractivity (Wildman–Crippen MR) is 76.2 cm³/mol. The monoisotopic (exact) mass is 288 g/mol. The maximum absolute atomic E-state index is 13.7. The largest absolute Gasteiger partial charge is 0.336 e. The molecule has 1 aliphatic heterocycles. The van der Waals surface area contributed by atoms with Crippen molar-refractivity contribution in [3.63, 3.8) is 0 Å². The van der Waals surface area contributed by atoms with Crippen LogP contribution in [0.25, 0.3) is 0 Å². The Kier molecular flexibility index (Phi) is 3.70. The molecule has 110 valence electrons. The van der Waals surface area contributed by atoms with Gasteiger partial charge >= 0.3 is 0 Å². The minimum absolute atomic E-state index is 0.195. The highest BCUT2D eigenvalue weighted by atomic mass is 19.1. The van der Waals surface area contributed by atoms with E-state index in [1.165, 1.54) is 11.0 Å². The Hall–Kier alpha value is -2.21. The summed E-state index contributed by atoms with van der Waals surface area (Å²) in [6.45, 7) is 1.74. The van der Waals surface area contributed by atoms with Crippen molar-refractivity contribution in [2.75, 3.05) is 13.6 Å². The van der Waals surface area contributed by atoms with E-state index in [0.717, 1.165) is 24.2 Å². The minimum Gasteiger partial charge on any atom is -0.336 e. The van der Waals surface area contributed by atoms with Crippen molar-refractivity contribution in [3.8, 4) is 0 Å². The van der Waals surface area contributed by atoms with Gasteiger partial charge in [0, 0.05) is 49.9 Å². The van der Waals surface area contributed by atoms with Crippen molar-refractivity contribution in [1.29, 1.82) is 0 Å². The lowest BCUT2D eigenvalue weighted by atomic mass is 10.1. The Morgan fingerprint density at radius 3 is 3.05 bits per heavy atom. The lowest BCUT2D eigenvalue weighted by Crippen LogP contribution is -2.30. The van der Waals surface area contributed by atoms with Crippen molar-refractivity contribution in [2.45, 2.75) is 19.5 Å². The number of nitrogens with one attached hydrogen (secondary N) is 2. The number of halogens is 1. The maximum atomic E-state index is 13.7. The van der Waals surface area contributed by atoms with Crippen molar-refractivity contribution in [2.24, 2.45) is 0 Å². The lowest BCUT2D eigenvalue weighted by Gasteiger charge is -2.18. The first-order valence-corrected chi connectivity index (χ1v) is 6.92. The standard InChI is InChI=1S/C15H17FN4O/c1-20(9-10-4-2-3-5-12(10)16)15(21)14-11-8-17-7-6-13(11)18-19-14/h2-5,17H,6-9H2,1H3,(H,18,19). The molecule has 1 aromatic heterocycles. The number of carbonyl (C=O) groups is 1. The van der Waals surface area contributed by atoms with Crippen molar-refractivity contribution < 1.29 is 9.18 Å². The molecule has 6 heteroatoms. The second-order valence-electron chi connectivity index (χ2n) is 5.21. The molecule has 1 amide bonds. The predicted octanol–water partition coefficient (Wildman–Crippen LogP) is 1.47. The van der Waals surface area contributed by atoms with Crippen molar-refractivity contribution in [1.82, 2.24) is 20.4 Å². The molecule has 0 spiro atoms. The molecule has 1 aromatic carbocycles. The zero-order valence-electron chi connectivity index (χ0n) is 11.8. The quantitative estimate of drug-likeness (QED) is 0.899. The molecule has 21 heavy (non-hydrogen) atoms. The van der Waals surface area contributed by atoms with Gasteiger partial charge in [-0.2, -0.15) is 5.10 Å². The number of hydrogen-bond acceptors (Lipinski definition) is 3. The van der Waals surface area contributed by atoms with Crippen LogP contribution in [0.2, 0.25) is 0 Å². The molecule has 5 nitrogen and oxygen atoms in total. The molecule has 0 fully saturated rings. The molecular weight excluding hydrogens is 271 g/mol. The Bertz CT molecular complexity index is 667. The number of benzene rings is 1. The SMILES string of the molecule is CN(Cc1ccccc1F)C(=O)c1n[nH]c2c1CNCC2. The average molecular weight is 288 g/mol. The van der Waals surface area contributed by atoms with Crippen LogP contribution in [-0.4, -0.2) is 34.6 Å². The van der Waals surface area contributed by atoms with E-state index in [-0.39, 0.29) is 18.3 Å². The Morgan fingerprint density at radius 2 is 2.24 bits per heavy atom. The topological polar surface area (TPSA) is 61.0 Å². The smallest absolute Gasteiger partial charge is 0.274 e. The second-order valence-corrected chi connectivity index (χ2v) is 5.21. The summed E-state index contributed by atoms with van der Waals surface area (Å²) >= 11 is 0. The number of aromatic amines is 1. The fraction of sp³-hybridized carbons (Fsp3) is 0.333. The molecule has 3 rings (SSSR count). The normalized spacial score (nSPS) is 13.8. The van der Waals surface area contributed by atoms with E-state index < -0.39 is 0 Å².